The SMILES string of the molecule is CN1CC[C@]2(CN(C(=O)c3ccno3)C[C@H]2c2ccccc2)C1=O. The standard InChI is InChI=1S/C18H19N3O3/c1-20-10-8-18(17(20)23)12-21(16(22)15-7-9-19-24-15)11-14(18)13-5-3-2-4-6-13/h2-7,9,14H,8,10-12H2,1H3/t14-,18+/m0/s1. The highest BCUT2D eigenvalue weighted by Gasteiger charge is 2.57. The van der Waals surface area contributed by atoms with Crippen molar-refractivity contribution in [3.8, 4) is 0 Å². The molecule has 0 saturated carbocycles. The average molecular weight is 325 g/mol. The molecule has 0 unspecified atom stereocenters. The highest BCUT2D eigenvalue weighted by atomic mass is 16.5. The number of amides is 2. The minimum absolute atomic E-state index is 0.00280. The first-order valence-electron chi connectivity index (χ1n) is 8.12. The summed E-state index contributed by atoms with van der Waals surface area (Å²) in [5.41, 5.74) is 0.570. The summed E-state index contributed by atoms with van der Waals surface area (Å²) in [6.45, 7) is 1.67. The fourth-order valence-electron chi connectivity index (χ4n) is 4.08. The number of carbonyl (C=O) groups excluding carboxylic acids is 2. The first-order chi connectivity index (χ1) is 11.6. The van der Waals surface area contributed by atoms with Gasteiger partial charge in [0.1, 0.15) is 0 Å². The molecule has 0 bridgehead atoms. The van der Waals surface area contributed by atoms with Gasteiger partial charge >= 0.3 is 0 Å². The molecule has 6 nitrogen and oxygen atoms in total. The summed E-state index contributed by atoms with van der Waals surface area (Å²) in [5, 5.41) is 3.61. The third kappa shape index (κ3) is 2.13. The van der Waals surface area contributed by atoms with Crippen LogP contribution in [0.1, 0.15) is 28.5 Å². The predicted molar refractivity (Wildman–Crippen MR) is 86.3 cm³/mol. The molecule has 2 atom stereocenters. The van der Waals surface area contributed by atoms with Crippen LogP contribution >= 0.6 is 0 Å². The van der Waals surface area contributed by atoms with E-state index in [-0.39, 0.29) is 23.5 Å². The number of likely N-dealkylation sites (tertiary alicyclic amines) is 2. The van der Waals surface area contributed by atoms with Crippen molar-refractivity contribution in [2.45, 2.75) is 12.3 Å². The van der Waals surface area contributed by atoms with Crippen LogP contribution in [0.5, 0.6) is 0 Å². The van der Waals surface area contributed by atoms with Gasteiger partial charge in [-0.1, -0.05) is 35.5 Å². The van der Waals surface area contributed by atoms with Crippen molar-refractivity contribution >= 4 is 11.8 Å². The molecule has 124 valence electrons. The van der Waals surface area contributed by atoms with Crippen molar-refractivity contribution < 1.29 is 14.1 Å². The lowest BCUT2D eigenvalue weighted by Gasteiger charge is -2.28. The first kappa shape index (κ1) is 14.9. The third-order valence-electron chi connectivity index (χ3n) is 5.35. The molecule has 2 aromatic rings. The zero-order valence-corrected chi connectivity index (χ0v) is 13.5. The van der Waals surface area contributed by atoms with E-state index in [0.29, 0.717) is 13.1 Å². The minimum Gasteiger partial charge on any atom is -0.351 e. The fraction of sp³-hybridized carbons (Fsp3) is 0.389. The number of rotatable bonds is 2. The smallest absolute Gasteiger partial charge is 0.292 e. The van der Waals surface area contributed by atoms with E-state index in [1.807, 2.05) is 37.4 Å². The van der Waals surface area contributed by atoms with Crippen LogP contribution in [0.15, 0.2) is 47.1 Å². The molecule has 1 aromatic heterocycles. The molecule has 2 saturated heterocycles. The van der Waals surface area contributed by atoms with Gasteiger partial charge in [-0.3, -0.25) is 9.59 Å². The number of benzene rings is 1. The Hall–Kier alpha value is -2.63. The van der Waals surface area contributed by atoms with Crippen LogP contribution in [-0.2, 0) is 4.79 Å². The largest absolute Gasteiger partial charge is 0.351 e. The molecule has 6 heteroatoms. The Labute approximate surface area is 140 Å². The molecule has 0 aliphatic carbocycles. The molecule has 2 aliphatic rings. The molecule has 2 aliphatic heterocycles. The summed E-state index contributed by atoms with van der Waals surface area (Å²) in [7, 11) is 1.83. The van der Waals surface area contributed by atoms with E-state index in [2.05, 4.69) is 5.16 Å². The lowest BCUT2D eigenvalue weighted by molar-refractivity contribution is -0.134. The number of nitrogens with zero attached hydrogens (tertiary/aromatic N) is 3. The zero-order chi connectivity index (χ0) is 16.7. The van der Waals surface area contributed by atoms with E-state index in [1.165, 1.54) is 6.20 Å². The molecule has 2 amide bonds. The molecule has 1 aromatic carbocycles. The highest BCUT2D eigenvalue weighted by Crippen LogP contribution is 2.49. The molecule has 24 heavy (non-hydrogen) atoms. The van der Waals surface area contributed by atoms with Crippen molar-refractivity contribution in [2.75, 3.05) is 26.7 Å². The van der Waals surface area contributed by atoms with Crippen LogP contribution in [0.25, 0.3) is 0 Å². The molecule has 1 spiro atoms. The second-order valence-electron chi connectivity index (χ2n) is 6.66. The van der Waals surface area contributed by atoms with Gasteiger partial charge in [0, 0.05) is 38.7 Å². The zero-order valence-electron chi connectivity index (χ0n) is 13.5. The van der Waals surface area contributed by atoms with Gasteiger partial charge in [-0.05, 0) is 12.0 Å². The lowest BCUT2D eigenvalue weighted by Crippen LogP contribution is -2.39. The van der Waals surface area contributed by atoms with Crippen LogP contribution in [-0.4, -0.2) is 53.5 Å². The normalized spacial score (nSPS) is 26.5. The molecule has 0 radical (unpaired) electrons. The van der Waals surface area contributed by atoms with Crippen LogP contribution in [0.4, 0.5) is 0 Å². The first-order valence-corrected chi connectivity index (χ1v) is 8.12. The Morgan fingerprint density at radius 3 is 2.71 bits per heavy atom. The van der Waals surface area contributed by atoms with Gasteiger partial charge in [0.25, 0.3) is 5.91 Å². The quantitative estimate of drug-likeness (QED) is 0.844. The molecular formula is C18H19N3O3. The van der Waals surface area contributed by atoms with Crippen molar-refractivity contribution in [3.63, 3.8) is 0 Å². The minimum atomic E-state index is -0.536. The third-order valence-corrected chi connectivity index (χ3v) is 5.35. The molecule has 2 fully saturated rings. The van der Waals surface area contributed by atoms with Gasteiger partial charge in [0.05, 0.1) is 11.6 Å². The summed E-state index contributed by atoms with van der Waals surface area (Å²) in [4.78, 5) is 29.1. The fourth-order valence-corrected chi connectivity index (χ4v) is 4.08. The summed E-state index contributed by atoms with van der Waals surface area (Å²) in [6, 6.07) is 11.6. The molecule has 4 rings (SSSR count). The van der Waals surface area contributed by atoms with Crippen LogP contribution in [0, 0.1) is 5.41 Å². The van der Waals surface area contributed by atoms with Gasteiger partial charge in [0.15, 0.2) is 0 Å². The maximum Gasteiger partial charge on any atom is 0.292 e. The van der Waals surface area contributed by atoms with Crippen LogP contribution in [0.3, 0.4) is 0 Å². The molecular weight excluding hydrogens is 306 g/mol. The van der Waals surface area contributed by atoms with E-state index in [1.54, 1.807) is 15.9 Å². The van der Waals surface area contributed by atoms with E-state index >= 15 is 0 Å². The Morgan fingerprint density at radius 2 is 2.08 bits per heavy atom. The topological polar surface area (TPSA) is 66.7 Å². The van der Waals surface area contributed by atoms with Gasteiger partial charge < -0.3 is 14.3 Å². The van der Waals surface area contributed by atoms with Crippen molar-refractivity contribution in [1.29, 1.82) is 0 Å². The van der Waals surface area contributed by atoms with Crippen molar-refractivity contribution in [3.05, 3.63) is 53.9 Å². The van der Waals surface area contributed by atoms with Gasteiger partial charge in [-0.15, -0.1) is 0 Å². The second kappa shape index (κ2) is 5.47. The number of carbonyl (C=O) groups is 2. The van der Waals surface area contributed by atoms with E-state index in [0.717, 1.165) is 18.5 Å². The van der Waals surface area contributed by atoms with Crippen molar-refractivity contribution in [2.24, 2.45) is 5.41 Å². The summed E-state index contributed by atoms with van der Waals surface area (Å²) >= 11 is 0. The van der Waals surface area contributed by atoms with E-state index < -0.39 is 5.41 Å². The Kier molecular flexibility index (Phi) is 3.40. The van der Waals surface area contributed by atoms with Crippen LogP contribution < -0.4 is 0 Å². The summed E-state index contributed by atoms with van der Waals surface area (Å²) < 4.78 is 5.01. The van der Waals surface area contributed by atoms with Gasteiger partial charge in [0.2, 0.25) is 11.7 Å². The van der Waals surface area contributed by atoms with Gasteiger partial charge in [-0.2, -0.15) is 0 Å². The second-order valence-corrected chi connectivity index (χ2v) is 6.66. The van der Waals surface area contributed by atoms with E-state index in [4.69, 9.17) is 4.52 Å². The number of hydrogen-bond donors (Lipinski definition) is 0. The highest BCUT2D eigenvalue weighted by molar-refractivity contribution is 5.94. The van der Waals surface area contributed by atoms with E-state index in [9.17, 15) is 9.59 Å². The predicted octanol–water partition coefficient (Wildman–Crippen LogP) is 1.76. The van der Waals surface area contributed by atoms with Crippen LogP contribution in [0.2, 0.25) is 0 Å². The molecule has 3 heterocycles. The Morgan fingerprint density at radius 1 is 1.29 bits per heavy atom. The maximum atomic E-state index is 12.9. The van der Waals surface area contributed by atoms with Crippen molar-refractivity contribution in [1.82, 2.24) is 15.0 Å². The number of hydrogen-bond acceptors (Lipinski definition) is 4. The lowest BCUT2D eigenvalue weighted by atomic mass is 9.73. The summed E-state index contributed by atoms with van der Waals surface area (Å²) in [5.74, 6) is 0.151. The Bertz CT molecular complexity index is 759. The maximum absolute atomic E-state index is 12.9. The monoisotopic (exact) mass is 325 g/mol. The Balaban J connectivity index is 1.71. The average Bonchev–Trinajstić information content (AvgIpc) is 3.33. The number of aromatic nitrogens is 1. The van der Waals surface area contributed by atoms with Gasteiger partial charge in [-0.25, -0.2) is 0 Å². The summed E-state index contributed by atoms with van der Waals surface area (Å²) in [6.07, 6.45) is 2.23. The molecule has 0 N–H and O–H groups in total.